The highest BCUT2D eigenvalue weighted by Crippen LogP contribution is 1.86. The molecule has 6 nitrogen and oxygen atoms in total. The lowest BCUT2D eigenvalue weighted by molar-refractivity contribution is -0.146. The van der Waals surface area contributed by atoms with E-state index in [9.17, 15) is 9.59 Å². The number of hydrogen-bond donors (Lipinski definition) is 4. The van der Waals surface area contributed by atoms with Crippen LogP contribution in [0.4, 0.5) is 0 Å². The SMILES string of the molecule is CCC(N)C(=O)NCC(O)C(=O)O. The fraction of sp³-hybridized carbons (Fsp3) is 0.714. The van der Waals surface area contributed by atoms with Gasteiger partial charge in [0.15, 0.2) is 6.10 Å². The normalized spacial score (nSPS) is 14.7. The van der Waals surface area contributed by atoms with Crippen molar-refractivity contribution in [2.24, 2.45) is 5.73 Å². The largest absolute Gasteiger partial charge is 0.479 e. The van der Waals surface area contributed by atoms with Crippen LogP contribution >= 0.6 is 0 Å². The lowest BCUT2D eigenvalue weighted by Gasteiger charge is -2.11. The zero-order valence-corrected chi connectivity index (χ0v) is 7.36. The van der Waals surface area contributed by atoms with Crippen molar-refractivity contribution in [2.45, 2.75) is 25.5 Å². The van der Waals surface area contributed by atoms with E-state index in [0.717, 1.165) is 0 Å². The number of nitrogens with one attached hydrogen (secondary N) is 1. The average molecular weight is 190 g/mol. The second-order valence-corrected chi connectivity index (χ2v) is 2.61. The Morgan fingerprint density at radius 2 is 2.08 bits per heavy atom. The summed E-state index contributed by atoms with van der Waals surface area (Å²) in [4.78, 5) is 21.1. The van der Waals surface area contributed by atoms with Crippen LogP contribution in [0.2, 0.25) is 0 Å². The fourth-order valence-electron chi connectivity index (χ4n) is 0.601. The Bertz CT molecular complexity index is 195. The first kappa shape index (κ1) is 11.9. The van der Waals surface area contributed by atoms with E-state index in [-0.39, 0.29) is 6.54 Å². The van der Waals surface area contributed by atoms with Gasteiger partial charge in [0.25, 0.3) is 0 Å². The number of carboxylic acid groups (broad SMARTS) is 1. The maximum Gasteiger partial charge on any atom is 0.334 e. The summed E-state index contributed by atoms with van der Waals surface area (Å²) in [7, 11) is 0. The van der Waals surface area contributed by atoms with Crippen molar-refractivity contribution in [3.05, 3.63) is 0 Å². The molecule has 0 aromatic heterocycles. The summed E-state index contributed by atoms with van der Waals surface area (Å²) in [6.45, 7) is 1.42. The lowest BCUT2D eigenvalue weighted by Crippen LogP contribution is -2.44. The number of carbonyl (C=O) groups excluding carboxylic acids is 1. The molecule has 0 aromatic carbocycles. The van der Waals surface area contributed by atoms with Crippen LogP contribution in [0.3, 0.4) is 0 Å². The minimum absolute atomic E-state index is 0.318. The zero-order chi connectivity index (χ0) is 10.4. The topological polar surface area (TPSA) is 113 Å². The standard InChI is InChI=1S/C7H14N2O4/c1-2-4(8)6(11)9-3-5(10)7(12)13/h4-5,10H,2-3,8H2,1H3,(H,9,11)(H,12,13). The smallest absolute Gasteiger partial charge is 0.334 e. The molecule has 5 N–H and O–H groups in total. The van der Waals surface area contributed by atoms with Gasteiger partial charge in [-0.2, -0.15) is 0 Å². The van der Waals surface area contributed by atoms with E-state index in [1.54, 1.807) is 6.92 Å². The quantitative estimate of drug-likeness (QED) is 0.412. The van der Waals surface area contributed by atoms with E-state index in [1.165, 1.54) is 0 Å². The van der Waals surface area contributed by atoms with Crippen molar-refractivity contribution in [1.82, 2.24) is 5.32 Å². The number of carbonyl (C=O) groups is 2. The van der Waals surface area contributed by atoms with Gasteiger partial charge in [-0.25, -0.2) is 4.79 Å². The van der Waals surface area contributed by atoms with Crippen LogP contribution in [0.25, 0.3) is 0 Å². The first-order valence-electron chi connectivity index (χ1n) is 3.93. The van der Waals surface area contributed by atoms with Crippen molar-refractivity contribution in [3.63, 3.8) is 0 Å². The molecule has 0 rings (SSSR count). The molecule has 1 amide bonds. The Labute approximate surface area is 75.7 Å². The third-order valence-electron chi connectivity index (χ3n) is 1.53. The van der Waals surface area contributed by atoms with E-state index in [2.05, 4.69) is 5.32 Å². The molecule has 76 valence electrons. The Morgan fingerprint density at radius 3 is 2.46 bits per heavy atom. The van der Waals surface area contributed by atoms with E-state index in [4.69, 9.17) is 15.9 Å². The molecule has 0 aliphatic heterocycles. The predicted molar refractivity (Wildman–Crippen MR) is 44.9 cm³/mol. The summed E-state index contributed by atoms with van der Waals surface area (Å²) in [6, 6.07) is -0.652. The van der Waals surface area contributed by atoms with Crippen molar-refractivity contribution in [1.29, 1.82) is 0 Å². The molecule has 6 heteroatoms. The predicted octanol–water partition coefficient (Wildman–Crippen LogP) is -1.71. The van der Waals surface area contributed by atoms with Crippen molar-refractivity contribution < 1.29 is 19.8 Å². The number of aliphatic hydroxyl groups excluding tert-OH is 1. The second kappa shape index (κ2) is 5.50. The number of aliphatic carboxylic acids is 1. The van der Waals surface area contributed by atoms with Crippen LogP contribution in [-0.4, -0.2) is 40.8 Å². The maximum absolute atomic E-state index is 11.0. The van der Waals surface area contributed by atoms with Gasteiger partial charge in [-0.1, -0.05) is 6.92 Å². The van der Waals surface area contributed by atoms with Crippen LogP contribution in [0.1, 0.15) is 13.3 Å². The van der Waals surface area contributed by atoms with Crippen molar-refractivity contribution in [2.75, 3.05) is 6.54 Å². The second-order valence-electron chi connectivity index (χ2n) is 2.61. The number of amides is 1. The van der Waals surface area contributed by atoms with Gasteiger partial charge >= 0.3 is 5.97 Å². The summed E-state index contributed by atoms with van der Waals surface area (Å²) in [5, 5.41) is 19.3. The molecule has 2 unspecified atom stereocenters. The highest BCUT2D eigenvalue weighted by Gasteiger charge is 2.16. The molecule has 2 atom stereocenters. The number of hydrogen-bond acceptors (Lipinski definition) is 4. The molecule has 0 aliphatic carbocycles. The number of nitrogens with two attached hydrogens (primary N) is 1. The molecule has 0 fully saturated rings. The summed E-state index contributed by atoms with van der Waals surface area (Å²) >= 11 is 0. The van der Waals surface area contributed by atoms with Gasteiger partial charge in [0.05, 0.1) is 12.6 Å². The van der Waals surface area contributed by atoms with Gasteiger partial charge in [-0.05, 0) is 6.42 Å². The summed E-state index contributed by atoms with van der Waals surface area (Å²) in [6.07, 6.45) is -1.11. The molecule has 0 spiro atoms. The van der Waals surface area contributed by atoms with Gasteiger partial charge in [0.1, 0.15) is 0 Å². The molecular weight excluding hydrogens is 176 g/mol. The monoisotopic (exact) mass is 190 g/mol. The lowest BCUT2D eigenvalue weighted by atomic mass is 10.2. The van der Waals surface area contributed by atoms with Gasteiger partial charge < -0.3 is 21.3 Å². The van der Waals surface area contributed by atoms with Crippen LogP contribution in [-0.2, 0) is 9.59 Å². The summed E-state index contributed by atoms with van der Waals surface area (Å²) in [5.74, 6) is -1.83. The number of rotatable bonds is 5. The van der Waals surface area contributed by atoms with Gasteiger partial charge in [-0.3, -0.25) is 4.79 Å². The third kappa shape index (κ3) is 4.44. The third-order valence-corrected chi connectivity index (χ3v) is 1.53. The minimum Gasteiger partial charge on any atom is -0.479 e. The highest BCUT2D eigenvalue weighted by molar-refractivity contribution is 5.82. The molecule has 0 heterocycles. The van der Waals surface area contributed by atoms with Gasteiger partial charge in [0, 0.05) is 0 Å². The van der Waals surface area contributed by atoms with E-state index in [1.807, 2.05) is 0 Å². The number of aliphatic hydroxyl groups is 1. The first-order valence-corrected chi connectivity index (χ1v) is 3.93. The van der Waals surface area contributed by atoms with Crippen molar-refractivity contribution in [3.8, 4) is 0 Å². The Morgan fingerprint density at radius 1 is 1.54 bits per heavy atom. The first-order chi connectivity index (χ1) is 5.99. The molecule has 0 saturated carbocycles. The average Bonchev–Trinajstić information content (AvgIpc) is 2.11. The highest BCUT2D eigenvalue weighted by atomic mass is 16.4. The molecule has 0 aromatic rings. The minimum atomic E-state index is -1.58. The zero-order valence-electron chi connectivity index (χ0n) is 7.36. The molecule has 0 saturated heterocycles. The van der Waals surface area contributed by atoms with Crippen LogP contribution in [0, 0.1) is 0 Å². The molecule has 0 radical (unpaired) electrons. The van der Waals surface area contributed by atoms with Crippen molar-refractivity contribution >= 4 is 11.9 Å². The van der Waals surface area contributed by atoms with E-state index >= 15 is 0 Å². The summed E-state index contributed by atoms with van der Waals surface area (Å²) in [5.41, 5.74) is 5.34. The van der Waals surface area contributed by atoms with Gasteiger partial charge in [-0.15, -0.1) is 0 Å². The Balaban J connectivity index is 3.76. The Hall–Kier alpha value is -1.14. The van der Waals surface area contributed by atoms with Gasteiger partial charge in [0.2, 0.25) is 5.91 Å². The maximum atomic E-state index is 11.0. The molecule has 13 heavy (non-hydrogen) atoms. The van der Waals surface area contributed by atoms with Crippen LogP contribution in [0.15, 0.2) is 0 Å². The van der Waals surface area contributed by atoms with Crippen LogP contribution in [0.5, 0.6) is 0 Å². The molecule has 0 aliphatic rings. The Kier molecular flexibility index (Phi) is 5.01. The summed E-state index contributed by atoms with van der Waals surface area (Å²) < 4.78 is 0. The molecular formula is C7H14N2O4. The van der Waals surface area contributed by atoms with E-state index < -0.39 is 24.0 Å². The van der Waals surface area contributed by atoms with E-state index in [0.29, 0.717) is 6.42 Å². The van der Waals surface area contributed by atoms with Crippen LogP contribution < -0.4 is 11.1 Å². The molecule has 0 bridgehead atoms. The number of carboxylic acids is 1. The fourth-order valence-corrected chi connectivity index (χ4v) is 0.601.